The molecular weight excluding hydrogens is 793 g/mol. The third-order valence-corrected chi connectivity index (χ3v) is 13.1. The third-order valence-electron chi connectivity index (χ3n) is 11.9. The highest BCUT2D eigenvalue weighted by Gasteiger charge is 2.22. The summed E-state index contributed by atoms with van der Waals surface area (Å²) in [5.74, 6) is 2.41. The van der Waals surface area contributed by atoms with Crippen molar-refractivity contribution in [2.24, 2.45) is 0 Å². The predicted molar refractivity (Wildman–Crippen MR) is 257 cm³/mol. The maximum absolute atomic E-state index is 6.41. The van der Waals surface area contributed by atoms with Crippen LogP contribution < -0.4 is 0 Å². The van der Waals surface area contributed by atoms with Crippen molar-refractivity contribution in [3.8, 4) is 62.5 Å². The molecule has 13 aromatic rings. The second kappa shape index (κ2) is 14.1. The first-order chi connectivity index (χ1) is 31.2. The number of rotatable bonds is 6. The van der Waals surface area contributed by atoms with E-state index in [1.54, 1.807) is 11.3 Å². The molecule has 0 atom stereocenters. The molecule has 0 aliphatic carbocycles. The highest BCUT2D eigenvalue weighted by molar-refractivity contribution is 7.26. The summed E-state index contributed by atoms with van der Waals surface area (Å²) in [7, 11) is 0. The molecule has 0 fully saturated rings. The molecule has 7 nitrogen and oxygen atoms in total. The Morgan fingerprint density at radius 1 is 0.413 bits per heavy atom. The molecule has 0 N–H and O–H groups in total. The molecule has 5 aromatic heterocycles. The maximum atomic E-state index is 6.41. The molecule has 294 valence electrons. The number of hydrogen-bond acceptors (Lipinski definition) is 7. The van der Waals surface area contributed by atoms with Gasteiger partial charge in [0, 0.05) is 58.6 Å². The topological polar surface area (TPSA) is 82.5 Å². The Kier molecular flexibility index (Phi) is 7.94. The molecule has 0 unspecified atom stereocenters. The van der Waals surface area contributed by atoms with Gasteiger partial charge in [-0.3, -0.25) is 4.57 Å². The summed E-state index contributed by atoms with van der Waals surface area (Å²) in [4.78, 5) is 26.1. The first-order valence-electron chi connectivity index (χ1n) is 20.8. The molecular formula is C55H32N6OS. The summed E-state index contributed by atoms with van der Waals surface area (Å²) < 4.78 is 10.8. The SMILES string of the molecule is c1ccc(-c2nc(-c3ccc4c(c3)sc3c(-c5nc(-c6ccccc6)c6oc7ccccc7c6n5)cccc34)nc(-n3c4ccccc4c4c(-c5ccccc5)cccc43)n2)cc1. The summed E-state index contributed by atoms with van der Waals surface area (Å²) in [6.07, 6.45) is 0. The molecule has 0 saturated heterocycles. The highest BCUT2D eigenvalue weighted by atomic mass is 32.1. The van der Waals surface area contributed by atoms with Crippen LogP contribution in [0.4, 0.5) is 0 Å². The van der Waals surface area contributed by atoms with Gasteiger partial charge in [-0.2, -0.15) is 9.97 Å². The van der Waals surface area contributed by atoms with Crippen molar-refractivity contribution in [1.82, 2.24) is 29.5 Å². The lowest BCUT2D eigenvalue weighted by Gasteiger charge is -2.11. The van der Waals surface area contributed by atoms with Crippen molar-refractivity contribution in [2.75, 3.05) is 0 Å². The summed E-state index contributed by atoms with van der Waals surface area (Å²) in [6.45, 7) is 0. The van der Waals surface area contributed by atoms with Crippen LogP contribution in [-0.2, 0) is 0 Å². The first-order valence-corrected chi connectivity index (χ1v) is 21.7. The number of nitrogens with zero attached hydrogens (tertiary/aromatic N) is 6. The number of aromatic nitrogens is 6. The lowest BCUT2D eigenvalue weighted by Crippen LogP contribution is -2.06. The molecule has 8 aromatic carbocycles. The van der Waals surface area contributed by atoms with Crippen LogP contribution in [0, 0.1) is 0 Å². The number of benzene rings is 8. The van der Waals surface area contributed by atoms with Gasteiger partial charge >= 0.3 is 0 Å². The van der Waals surface area contributed by atoms with Crippen LogP contribution in [0.3, 0.4) is 0 Å². The Morgan fingerprint density at radius 3 is 1.86 bits per heavy atom. The van der Waals surface area contributed by atoms with Gasteiger partial charge in [0.1, 0.15) is 16.8 Å². The first kappa shape index (κ1) is 35.4. The van der Waals surface area contributed by atoms with E-state index in [9.17, 15) is 0 Å². The molecule has 0 bridgehead atoms. The average Bonchev–Trinajstić information content (AvgIpc) is 4.04. The monoisotopic (exact) mass is 824 g/mol. The van der Waals surface area contributed by atoms with Crippen molar-refractivity contribution in [3.05, 3.63) is 194 Å². The molecule has 0 radical (unpaired) electrons. The van der Waals surface area contributed by atoms with E-state index >= 15 is 0 Å². The van der Waals surface area contributed by atoms with Gasteiger partial charge in [0.15, 0.2) is 23.1 Å². The molecule has 0 aliphatic heterocycles. The van der Waals surface area contributed by atoms with Gasteiger partial charge in [0.25, 0.3) is 0 Å². The van der Waals surface area contributed by atoms with Gasteiger partial charge in [0.2, 0.25) is 5.95 Å². The van der Waals surface area contributed by atoms with Crippen LogP contribution in [0.5, 0.6) is 0 Å². The normalized spacial score (nSPS) is 11.8. The Labute approximate surface area is 364 Å². The van der Waals surface area contributed by atoms with E-state index < -0.39 is 0 Å². The van der Waals surface area contributed by atoms with Gasteiger partial charge in [-0.15, -0.1) is 11.3 Å². The van der Waals surface area contributed by atoms with Gasteiger partial charge in [-0.25, -0.2) is 15.0 Å². The smallest absolute Gasteiger partial charge is 0.238 e. The fourth-order valence-corrected chi connectivity index (χ4v) is 10.3. The molecule has 0 spiro atoms. The molecule has 0 amide bonds. The quantitative estimate of drug-likeness (QED) is 0.166. The van der Waals surface area contributed by atoms with E-state index in [-0.39, 0.29) is 0 Å². The van der Waals surface area contributed by atoms with Crippen LogP contribution >= 0.6 is 11.3 Å². The second-order valence-electron chi connectivity index (χ2n) is 15.6. The molecule has 5 heterocycles. The Bertz CT molecular complexity index is 3910. The van der Waals surface area contributed by atoms with Gasteiger partial charge in [0.05, 0.1) is 11.0 Å². The van der Waals surface area contributed by atoms with E-state index in [1.165, 1.54) is 0 Å². The number of thiophene rings is 1. The molecule has 63 heavy (non-hydrogen) atoms. The summed E-state index contributed by atoms with van der Waals surface area (Å²) >= 11 is 1.73. The van der Waals surface area contributed by atoms with Crippen LogP contribution in [-0.4, -0.2) is 29.5 Å². The van der Waals surface area contributed by atoms with Crippen LogP contribution in [0.2, 0.25) is 0 Å². The van der Waals surface area contributed by atoms with E-state index in [2.05, 4.69) is 132 Å². The van der Waals surface area contributed by atoms with Crippen molar-refractivity contribution >= 4 is 75.4 Å². The Morgan fingerprint density at radius 2 is 1.05 bits per heavy atom. The van der Waals surface area contributed by atoms with Crippen LogP contribution in [0.15, 0.2) is 199 Å². The van der Waals surface area contributed by atoms with E-state index in [0.717, 1.165) is 97.5 Å². The number of para-hydroxylation sites is 2. The van der Waals surface area contributed by atoms with E-state index in [0.29, 0.717) is 29.0 Å². The molecule has 0 aliphatic rings. The van der Waals surface area contributed by atoms with Crippen LogP contribution in [0.1, 0.15) is 0 Å². The lowest BCUT2D eigenvalue weighted by atomic mass is 9.99. The fourth-order valence-electron chi connectivity index (χ4n) is 9.02. The standard InChI is InChI=1S/C55H32N6OS/c1-4-16-33(17-5-1)37-24-15-28-44-47(37)40-22-10-12-27-43(40)61(44)55-59-52(35-20-8-3-9-21-35)58-53(60-55)36-30-31-38-39-25-14-26-42(51(39)63-46(38)32-36)54-56-48(34-18-6-2-7-19-34)50-49(57-54)41-23-11-13-29-45(41)62-50/h1-32H. The summed E-state index contributed by atoms with van der Waals surface area (Å²) in [6, 6.07) is 66.9. The summed E-state index contributed by atoms with van der Waals surface area (Å²) in [5.41, 5.74) is 11.2. The maximum Gasteiger partial charge on any atom is 0.238 e. The number of hydrogen-bond donors (Lipinski definition) is 0. The zero-order valence-corrected chi connectivity index (χ0v) is 34.3. The zero-order valence-electron chi connectivity index (χ0n) is 33.5. The predicted octanol–water partition coefficient (Wildman–Crippen LogP) is 14.4. The molecule has 8 heteroatoms. The largest absolute Gasteiger partial charge is 0.452 e. The third kappa shape index (κ3) is 5.69. The fraction of sp³-hybridized carbons (Fsp3) is 0. The number of furan rings is 1. The van der Waals surface area contributed by atoms with Gasteiger partial charge in [-0.1, -0.05) is 158 Å². The van der Waals surface area contributed by atoms with E-state index in [4.69, 9.17) is 29.3 Å². The van der Waals surface area contributed by atoms with E-state index in [1.807, 2.05) is 66.7 Å². The Hall–Kier alpha value is -8.33. The van der Waals surface area contributed by atoms with Crippen LogP contribution in [0.25, 0.3) is 127 Å². The lowest BCUT2D eigenvalue weighted by molar-refractivity contribution is 0.667. The average molecular weight is 825 g/mol. The minimum atomic E-state index is 0.558. The zero-order chi connectivity index (χ0) is 41.4. The van der Waals surface area contributed by atoms with Gasteiger partial charge in [-0.05, 0) is 47.5 Å². The molecule has 13 rings (SSSR count). The summed E-state index contributed by atoms with van der Waals surface area (Å²) in [5, 5.41) is 5.54. The minimum absolute atomic E-state index is 0.558. The van der Waals surface area contributed by atoms with Crippen molar-refractivity contribution in [1.29, 1.82) is 0 Å². The van der Waals surface area contributed by atoms with Crippen molar-refractivity contribution < 1.29 is 4.42 Å². The second-order valence-corrected chi connectivity index (χ2v) is 16.7. The van der Waals surface area contributed by atoms with Crippen molar-refractivity contribution in [2.45, 2.75) is 0 Å². The molecule has 0 saturated carbocycles. The number of fused-ring (bicyclic) bond motifs is 9. The van der Waals surface area contributed by atoms with Crippen molar-refractivity contribution in [3.63, 3.8) is 0 Å². The van der Waals surface area contributed by atoms with Gasteiger partial charge < -0.3 is 4.42 Å². The Balaban J connectivity index is 1.00. The minimum Gasteiger partial charge on any atom is -0.452 e. The highest BCUT2D eigenvalue weighted by Crippen LogP contribution is 2.43.